The number of hydrogen-bond donors (Lipinski definition) is 1. The van der Waals surface area contributed by atoms with E-state index in [-0.39, 0.29) is 12.3 Å². The molecule has 0 saturated heterocycles. The molecule has 0 amide bonds. The highest BCUT2D eigenvalue weighted by Crippen LogP contribution is 2.43. The van der Waals surface area contributed by atoms with E-state index >= 15 is 0 Å². The molecule has 0 aromatic heterocycles. The third-order valence-corrected chi connectivity index (χ3v) is 4.39. The van der Waals surface area contributed by atoms with Crippen molar-refractivity contribution in [2.45, 2.75) is 17.9 Å². The van der Waals surface area contributed by atoms with Gasteiger partial charge in [-0.2, -0.15) is 0 Å². The summed E-state index contributed by atoms with van der Waals surface area (Å²) in [5, 5.41) is 11.7. The standard InChI is InChI=1S/C23H20O/c1-2-18-23(24,21-16-10-5-11-17-21)22(19-12-6-3-7-13-19)20-14-8-4-9-15-20/h1,3-17,22,24H,18H2. The smallest absolute Gasteiger partial charge is 0.111 e. The lowest BCUT2D eigenvalue weighted by atomic mass is 9.72. The maximum absolute atomic E-state index is 11.7. The highest BCUT2D eigenvalue weighted by molar-refractivity contribution is 5.41. The zero-order valence-electron chi connectivity index (χ0n) is 13.5. The van der Waals surface area contributed by atoms with E-state index in [4.69, 9.17) is 6.42 Å². The number of rotatable bonds is 5. The van der Waals surface area contributed by atoms with Crippen LogP contribution in [0, 0.1) is 12.3 Å². The molecule has 1 unspecified atom stereocenters. The van der Waals surface area contributed by atoms with Crippen LogP contribution in [0.3, 0.4) is 0 Å². The largest absolute Gasteiger partial charge is 0.383 e. The molecule has 0 bridgehead atoms. The first-order valence-electron chi connectivity index (χ1n) is 8.07. The van der Waals surface area contributed by atoms with E-state index in [0.717, 1.165) is 16.7 Å². The third kappa shape index (κ3) is 3.11. The van der Waals surface area contributed by atoms with Crippen LogP contribution in [0.1, 0.15) is 29.0 Å². The zero-order chi connectivity index (χ0) is 16.8. The third-order valence-electron chi connectivity index (χ3n) is 4.39. The van der Waals surface area contributed by atoms with Gasteiger partial charge in [-0.15, -0.1) is 12.3 Å². The van der Waals surface area contributed by atoms with E-state index in [1.54, 1.807) is 0 Å². The van der Waals surface area contributed by atoms with E-state index in [1.807, 2.05) is 91.0 Å². The van der Waals surface area contributed by atoms with Crippen LogP contribution in [0.15, 0.2) is 91.0 Å². The average molecular weight is 312 g/mol. The molecule has 0 aliphatic rings. The summed E-state index contributed by atoms with van der Waals surface area (Å²) in [6.07, 6.45) is 5.88. The first-order valence-corrected chi connectivity index (χ1v) is 8.07. The SMILES string of the molecule is C#CCC(O)(c1ccccc1)C(c1ccccc1)c1ccccc1. The molecular weight excluding hydrogens is 292 g/mol. The van der Waals surface area contributed by atoms with Crippen LogP contribution < -0.4 is 0 Å². The Morgan fingerprint density at radius 3 is 1.58 bits per heavy atom. The van der Waals surface area contributed by atoms with Crippen molar-refractivity contribution in [3.05, 3.63) is 108 Å². The van der Waals surface area contributed by atoms with E-state index in [1.165, 1.54) is 0 Å². The Morgan fingerprint density at radius 2 is 1.17 bits per heavy atom. The molecule has 0 radical (unpaired) electrons. The highest BCUT2D eigenvalue weighted by atomic mass is 16.3. The van der Waals surface area contributed by atoms with Gasteiger partial charge < -0.3 is 5.11 Å². The van der Waals surface area contributed by atoms with Crippen LogP contribution in [0.25, 0.3) is 0 Å². The van der Waals surface area contributed by atoms with Crippen LogP contribution in [-0.4, -0.2) is 5.11 Å². The molecule has 3 rings (SSSR count). The molecule has 0 saturated carbocycles. The van der Waals surface area contributed by atoms with Gasteiger partial charge in [0.15, 0.2) is 0 Å². The van der Waals surface area contributed by atoms with Gasteiger partial charge in [-0.05, 0) is 16.7 Å². The first-order chi connectivity index (χ1) is 11.8. The summed E-state index contributed by atoms with van der Waals surface area (Å²) in [5.74, 6) is 2.44. The zero-order valence-corrected chi connectivity index (χ0v) is 13.5. The van der Waals surface area contributed by atoms with E-state index in [2.05, 4.69) is 5.92 Å². The summed E-state index contributed by atoms with van der Waals surface area (Å²) < 4.78 is 0. The second kappa shape index (κ2) is 7.17. The Bertz CT molecular complexity index is 763. The molecule has 3 aromatic carbocycles. The van der Waals surface area contributed by atoms with Gasteiger partial charge in [-0.25, -0.2) is 0 Å². The predicted octanol–water partition coefficient (Wildman–Crippen LogP) is 4.73. The van der Waals surface area contributed by atoms with Crippen LogP contribution >= 0.6 is 0 Å². The fraction of sp³-hybridized carbons (Fsp3) is 0.130. The fourth-order valence-electron chi connectivity index (χ4n) is 3.29. The van der Waals surface area contributed by atoms with Crippen LogP contribution in [-0.2, 0) is 5.60 Å². The highest BCUT2D eigenvalue weighted by Gasteiger charge is 2.39. The summed E-state index contributed by atoms with van der Waals surface area (Å²) in [5.41, 5.74) is 1.76. The molecule has 1 N–H and O–H groups in total. The minimum atomic E-state index is -1.17. The number of hydrogen-bond acceptors (Lipinski definition) is 1. The van der Waals surface area contributed by atoms with Crippen LogP contribution in [0.5, 0.6) is 0 Å². The Labute approximate surface area is 143 Å². The normalized spacial score (nSPS) is 13.2. The minimum Gasteiger partial charge on any atom is -0.383 e. The molecule has 0 fully saturated rings. The molecule has 1 atom stereocenters. The first kappa shape index (κ1) is 16.1. The van der Waals surface area contributed by atoms with Gasteiger partial charge >= 0.3 is 0 Å². The molecule has 1 heteroatoms. The predicted molar refractivity (Wildman–Crippen MR) is 98.5 cm³/mol. The lowest BCUT2D eigenvalue weighted by Gasteiger charge is -2.36. The molecule has 3 aromatic rings. The van der Waals surface area contributed by atoms with Crippen molar-refractivity contribution in [3.63, 3.8) is 0 Å². The van der Waals surface area contributed by atoms with Gasteiger partial charge in [-0.1, -0.05) is 91.0 Å². The van der Waals surface area contributed by atoms with Crippen molar-refractivity contribution >= 4 is 0 Å². The van der Waals surface area contributed by atoms with E-state index < -0.39 is 5.60 Å². The molecular formula is C23H20O. The monoisotopic (exact) mass is 312 g/mol. The minimum absolute atomic E-state index is 0.238. The quantitative estimate of drug-likeness (QED) is 0.675. The van der Waals surface area contributed by atoms with Crippen molar-refractivity contribution < 1.29 is 5.11 Å². The van der Waals surface area contributed by atoms with Gasteiger partial charge in [0.1, 0.15) is 5.60 Å². The maximum Gasteiger partial charge on any atom is 0.111 e. The van der Waals surface area contributed by atoms with Gasteiger partial charge in [0, 0.05) is 12.3 Å². The summed E-state index contributed by atoms with van der Waals surface area (Å²) in [4.78, 5) is 0. The molecule has 0 spiro atoms. The van der Waals surface area contributed by atoms with Gasteiger partial charge in [0.2, 0.25) is 0 Å². The molecule has 0 aliphatic carbocycles. The van der Waals surface area contributed by atoms with E-state index in [0.29, 0.717) is 0 Å². The fourth-order valence-corrected chi connectivity index (χ4v) is 3.29. The summed E-state index contributed by atoms with van der Waals surface area (Å²) >= 11 is 0. The number of terminal acetylenes is 1. The molecule has 1 nitrogen and oxygen atoms in total. The van der Waals surface area contributed by atoms with Gasteiger partial charge in [-0.3, -0.25) is 0 Å². The molecule has 0 aliphatic heterocycles. The number of benzene rings is 3. The average Bonchev–Trinajstić information content (AvgIpc) is 2.65. The van der Waals surface area contributed by atoms with E-state index in [9.17, 15) is 5.11 Å². The maximum atomic E-state index is 11.7. The lowest BCUT2D eigenvalue weighted by Crippen LogP contribution is -2.34. The lowest BCUT2D eigenvalue weighted by molar-refractivity contribution is 0.0243. The van der Waals surface area contributed by atoms with Crippen molar-refractivity contribution in [3.8, 4) is 12.3 Å². The summed E-state index contributed by atoms with van der Waals surface area (Å²) in [6, 6.07) is 29.8. The van der Waals surface area contributed by atoms with Crippen molar-refractivity contribution in [1.29, 1.82) is 0 Å². The molecule has 24 heavy (non-hydrogen) atoms. The Hall–Kier alpha value is -2.82. The Morgan fingerprint density at radius 1 is 0.750 bits per heavy atom. The molecule has 118 valence electrons. The topological polar surface area (TPSA) is 20.2 Å². The molecule has 0 heterocycles. The van der Waals surface area contributed by atoms with Crippen molar-refractivity contribution in [2.24, 2.45) is 0 Å². The summed E-state index contributed by atoms with van der Waals surface area (Å²) in [6.45, 7) is 0. The second-order valence-electron chi connectivity index (χ2n) is 5.93. The Kier molecular flexibility index (Phi) is 4.79. The summed E-state index contributed by atoms with van der Waals surface area (Å²) in [7, 11) is 0. The van der Waals surface area contributed by atoms with Gasteiger partial charge in [0.05, 0.1) is 0 Å². The van der Waals surface area contributed by atoms with Gasteiger partial charge in [0.25, 0.3) is 0 Å². The second-order valence-corrected chi connectivity index (χ2v) is 5.93. The van der Waals surface area contributed by atoms with Crippen molar-refractivity contribution in [1.82, 2.24) is 0 Å². The van der Waals surface area contributed by atoms with Crippen LogP contribution in [0.2, 0.25) is 0 Å². The number of aliphatic hydroxyl groups is 1. The Balaban J connectivity index is 2.21. The van der Waals surface area contributed by atoms with Crippen molar-refractivity contribution in [2.75, 3.05) is 0 Å². The van der Waals surface area contributed by atoms with Crippen LogP contribution in [0.4, 0.5) is 0 Å².